The first-order chi connectivity index (χ1) is 11.8. The first-order valence-electron chi connectivity index (χ1n) is 7.10. The highest BCUT2D eigenvalue weighted by atomic mass is 127. The molecule has 25 heavy (non-hydrogen) atoms. The molecular formula is C18H14I2O5. The first-order valence-corrected chi connectivity index (χ1v) is 9.26. The summed E-state index contributed by atoms with van der Waals surface area (Å²) in [7, 11) is 0. The third kappa shape index (κ3) is 5.25. The van der Waals surface area contributed by atoms with Crippen molar-refractivity contribution in [1.29, 1.82) is 0 Å². The summed E-state index contributed by atoms with van der Waals surface area (Å²) in [5, 5.41) is 9.46. The number of ether oxygens (including phenoxy) is 2. The molecule has 2 aromatic rings. The van der Waals surface area contributed by atoms with Crippen LogP contribution in [0.4, 0.5) is 0 Å². The Bertz CT molecular complexity index is 828. The largest absolute Gasteiger partial charge is 0.423 e. The third-order valence-electron chi connectivity index (χ3n) is 3.10. The molecule has 0 fully saturated rings. The maximum atomic E-state index is 12.3. The van der Waals surface area contributed by atoms with Crippen LogP contribution in [0.5, 0.6) is 11.5 Å². The van der Waals surface area contributed by atoms with Crippen molar-refractivity contribution < 1.29 is 24.2 Å². The van der Waals surface area contributed by atoms with Gasteiger partial charge in [-0.15, -0.1) is 0 Å². The maximum absolute atomic E-state index is 12.3. The fourth-order valence-electron chi connectivity index (χ4n) is 1.85. The van der Waals surface area contributed by atoms with Crippen molar-refractivity contribution in [3.63, 3.8) is 0 Å². The van der Waals surface area contributed by atoms with Gasteiger partial charge in [-0.1, -0.05) is 6.58 Å². The molecule has 130 valence electrons. The number of aliphatic hydroxyl groups excluding tert-OH is 1. The van der Waals surface area contributed by atoms with E-state index in [1.54, 1.807) is 13.0 Å². The van der Waals surface area contributed by atoms with Gasteiger partial charge in [-0.05, 0) is 88.5 Å². The lowest BCUT2D eigenvalue weighted by molar-refractivity contribution is -0.130. The Morgan fingerprint density at radius 1 is 1.12 bits per heavy atom. The minimum absolute atomic E-state index is 0.231. The normalized spacial score (nSPS) is 10.2. The summed E-state index contributed by atoms with van der Waals surface area (Å²) in [6, 6.07) is 9.62. The van der Waals surface area contributed by atoms with Gasteiger partial charge in [0.15, 0.2) is 0 Å². The lowest BCUT2D eigenvalue weighted by Gasteiger charge is -2.12. The van der Waals surface area contributed by atoms with Crippen LogP contribution in [0, 0.1) is 7.14 Å². The zero-order chi connectivity index (χ0) is 18.6. The number of hydrogen-bond acceptors (Lipinski definition) is 5. The highest BCUT2D eigenvalue weighted by Gasteiger charge is 2.16. The van der Waals surface area contributed by atoms with Crippen LogP contribution in [-0.4, -0.2) is 17.0 Å². The number of carbonyl (C=O) groups excluding carboxylic acids is 2. The number of halogens is 2. The molecule has 2 aromatic carbocycles. The van der Waals surface area contributed by atoms with Gasteiger partial charge in [-0.3, -0.25) is 0 Å². The smallest absolute Gasteiger partial charge is 0.343 e. The second kappa shape index (κ2) is 8.77. The van der Waals surface area contributed by atoms with E-state index in [1.165, 1.54) is 24.3 Å². The summed E-state index contributed by atoms with van der Waals surface area (Å²) < 4.78 is 12.2. The minimum atomic E-state index is -0.563. The number of benzene rings is 2. The first kappa shape index (κ1) is 19.9. The summed E-state index contributed by atoms with van der Waals surface area (Å²) in [6.45, 7) is 4.82. The standard InChI is InChI=1S/C18H14I2O5/c1-10(2)17(22)24-14-5-3-11(4-6-14)18(23)25-16-12(9-21)7-13(19)8-15(16)20/h3-8,21H,1,9H2,2H3. The monoisotopic (exact) mass is 564 g/mol. The molecule has 0 aromatic heterocycles. The second-order valence-corrected chi connectivity index (χ2v) is 7.53. The van der Waals surface area contributed by atoms with Gasteiger partial charge in [0.25, 0.3) is 0 Å². The fraction of sp³-hybridized carbons (Fsp3) is 0.111. The van der Waals surface area contributed by atoms with Gasteiger partial charge in [0.1, 0.15) is 11.5 Å². The molecular weight excluding hydrogens is 550 g/mol. The van der Waals surface area contributed by atoms with E-state index in [-0.39, 0.29) is 12.2 Å². The van der Waals surface area contributed by atoms with Crippen molar-refractivity contribution in [2.24, 2.45) is 0 Å². The van der Waals surface area contributed by atoms with Crippen molar-refractivity contribution in [2.75, 3.05) is 0 Å². The molecule has 0 amide bonds. The van der Waals surface area contributed by atoms with Crippen LogP contribution in [-0.2, 0) is 11.4 Å². The van der Waals surface area contributed by atoms with Crippen LogP contribution in [0.2, 0.25) is 0 Å². The van der Waals surface area contributed by atoms with Gasteiger partial charge < -0.3 is 14.6 Å². The van der Waals surface area contributed by atoms with E-state index in [0.29, 0.717) is 22.6 Å². The van der Waals surface area contributed by atoms with Crippen LogP contribution in [0.1, 0.15) is 22.8 Å². The molecule has 0 radical (unpaired) electrons. The Hall–Kier alpha value is -1.46. The fourth-order valence-corrected chi connectivity index (χ4v) is 3.93. The topological polar surface area (TPSA) is 72.8 Å². The molecule has 0 aliphatic rings. The Morgan fingerprint density at radius 3 is 2.32 bits per heavy atom. The van der Waals surface area contributed by atoms with E-state index >= 15 is 0 Å². The molecule has 0 aliphatic carbocycles. The third-order valence-corrected chi connectivity index (χ3v) is 4.52. The van der Waals surface area contributed by atoms with E-state index in [1.807, 2.05) is 6.07 Å². The zero-order valence-electron chi connectivity index (χ0n) is 13.2. The number of hydrogen-bond donors (Lipinski definition) is 1. The van der Waals surface area contributed by atoms with Crippen molar-refractivity contribution in [2.45, 2.75) is 13.5 Å². The van der Waals surface area contributed by atoms with Gasteiger partial charge in [-0.25, -0.2) is 9.59 Å². The molecule has 0 heterocycles. The molecule has 0 unspecified atom stereocenters. The molecule has 0 spiro atoms. The average molecular weight is 564 g/mol. The van der Waals surface area contributed by atoms with Gasteiger partial charge >= 0.3 is 11.9 Å². The van der Waals surface area contributed by atoms with Crippen molar-refractivity contribution in [3.8, 4) is 11.5 Å². The molecule has 7 heteroatoms. The van der Waals surface area contributed by atoms with Gasteiger partial charge in [0.2, 0.25) is 0 Å². The predicted molar refractivity (Wildman–Crippen MR) is 110 cm³/mol. The summed E-state index contributed by atoms with van der Waals surface area (Å²) in [5.41, 5.74) is 1.12. The van der Waals surface area contributed by atoms with Crippen LogP contribution in [0.25, 0.3) is 0 Å². The van der Waals surface area contributed by atoms with Crippen LogP contribution in [0.15, 0.2) is 48.6 Å². The number of aliphatic hydroxyl groups is 1. The van der Waals surface area contributed by atoms with Crippen LogP contribution < -0.4 is 9.47 Å². The molecule has 0 aliphatic heterocycles. The average Bonchev–Trinajstić information content (AvgIpc) is 2.57. The Labute approximate surface area is 172 Å². The SMILES string of the molecule is C=C(C)C(=O)Oc1ccc(C(=O)Oc2c(I)cc(I)cc2CO)cc1. The Balaban J connectivity index is 2.17. The van der Waals surface area contributed by atoms with Crippen molar-refractivity contribution in [3.05, 3.63) is 66.8 Å². The van der Waals surface area contributed by atoms with E-state index in [0.717, 1.165) is 7.14 Å². The minimum Gasteiger partial charge on any atom is -0.423 e. The second-order valence-electron chi connectivity index (χ2n) is 5.12. The molecule has 0 atom stereocenters. The molecule has 2 rings (SSSR count). The van der Waals surface area contributed by atoms with Gasteiger partial charge in [0.05, 0.1) is 15.7 Å². The van der Waals surface area contributed by atoms with E-state index in [2.05, 4.69) is 51.8 Å². The highest BCUT2D eigenvalue weighted by Crippen LogP contribution is 2.29. The van der Waals surface area contributed by atoms with Gasteiger partial charge in [-0.2, -0.15) is 0 Å². The number of carbonyl (C=O) groups is 2. The van der Waals surface area contributed by atoms with Crippen molar-refractivity contribution in [1.82, 2.24) is 0 Å². The summed E-state index contributed by atoms with van der Waals surface area (Å²) >= 11 is 4.18. The number of esters is 2. The van der Waals surface area contributed by atoms with E-state index < -0.39 is 11.9 Å². The summed E-state index contributed by atoms with van der Waals surface area (Å²) in [4.78, 5) is 23.8. The van der Waals surface area contributed by atoms with Crippen LogP contribution >= 0.6 is 45.2 Å². The van der Waals surface area contributed by atoms with E-state index in [4.69, 9.17) is 9.47 Å². The molecule has 1 N–H and O–H groups in total. The molecule has 0 saturated carbocycles. The number of rotatable bonds is 5. The van der Waals surface area contributed by atoms with Gasteiger partial charge in [0, 0.05) is 14.7 Å². The molecule has 0 saturated heterocycles. The van der Waals surface area contributed by atoms with Crippen LogP contribution in [0.3, 0.4) is 0 Å². The Morgan fingerprint density at radius 2 is 1.76 bits per heavy atom. The Kier molecular flexibility index (Phi) is 6.96. The maximum Gasteiger partial charge on any atom is 0.343 e. The zero-order valence-corrected chi connectivity index (χ0v) is 17.5. The van der Waals surface area contributed by atoms with E-state index in [9.17, 15) is 14.7 Å². The highest BCUT2D eigenvalue weighted by molar-refractivity contribution is 14.1. The summed E-state index contributed by atoms with van der Waals surface area (Å²) in [5.74, 6) is -0.446. The molecule has 5 nitrogen and oxygen atoms in total. The predicted octanol–water partition coefficient (Wildman–Crippen LogP) is 4.09. The summed E-state index contributed by atoms with van der Waals surface area (Å²) in [6.07, 6.45) is 0. The molecule has 0 bridgehead atoms. The quantitative estimate of drug-likeness (QED) is 0.257. The van der Waals surface area contributed by atoms with Crippen molar-refractivity contribution >= 4 is 57.1 Å². The lowest BCUT2D eigenvalue weighted by atomic mass is 10.2. The lowest BCUT2D eigenvalue weighted by Crippen LogP contribution is -2.12.